The van der Waals surface area contributed by atoms with Crippen molar-refractivity contribution in [1.82, 2.24) is 5.32 Å². The Balaban J connectivity index is 2.67. The van der Waals surface area contributed by atoms with Gasteiger partial charge in [-0.2, -0.15) is 0 Å². The number of amides is 1. The van der Waals surface area contributed by atoms with Gasteiger partial charge in [-0.1, -0.05) is 13.8 Å². The molecule has 0 fully saturated rings. The Hall–Kier alpha value is -2.57. The van der Waals surface area contributed by atoms with Gasteiger partial charge in [0.2, 0.25) is 0 Å². The van der Waals surface area contributed by atoms with Crippen LogP contribution < -0.4 is 10.1 Å². The smallest absolute Gasteiger partial charge is 0.408 e. The lowest BCUT2D eigenvalue weighted by Crippen LogP contribution is -2.48. The highest BCUT2D eigenvalue weighted by Crippen LogP contribution is 2.17. The number of carbonyl (C=O) groups excluding carboxylic acids is 3. The number of alkyl carbamates (subject to hydrolysis) is 1. The van der Waals surface area contributed by atoms with E-state index in [-0.39, 0.29) is 18.3 Å². The first-order valence-electron chi connectivity index (χ1n) is 9.66. The van der Waals surface area contributed by atoms with Gasteiger partial charge in [0, 0.05) is 0 Å². The third-order valence-electron chi connectivity index (χ3n) is 3.56. The predicted octanol–water partition coefficient (Wildman–Crippen LogP) is 4.14. The summed E-state index contributed by atoms with van der Waals surface area (Å²) in [5, 5.41) is 2.60. The van der Waals surface area contributed by atoms with Crippen LogP contribution in [0.25, 0.3) is 0 Å². The molecule has 1 N–H and O–H groups in total. The van der Waals surface area contributed by atoms with Gasteiger partial charge < -0.3 is 19.5 Å². The SMILES string of the molecule is CC(C)[C@H](NC(=O)OC(C)(C)C)C(=O)COc1ccc(C(=O)OC(C)(C)C)cc1. The first-order valence-corrected chi connectivity index (χ1v) is 9.66. The normalized spacial score (nSPS) is 12.9. The van der Waals surface area contributed by atoms with Crippen molar-refractivity contribution in [3.05, 3.63) is 29.8 Å². The van der Waals surface area contributed by atoms with E-state index in [0.717, 1.165) is 0 Å². The Labute approximate surface area is 173 Å². The van der Waals surface area contributed by atoms with Gasteiger partial charge in [0.1, 0.15) is 23.6 Å². The van der Waals surface area contributed by atoms with Crippen LogP contribution in [0.2, 0.25) is 0 Å². The molecule has 0 aromatic heterocycles. The zero-order valence-electron chi connectivity index (χ0n) is 18.6. The third kappa shape index (κ3) is 9.45. The maximum Gasteiger partial charge on any atom is 0.408 e. The molecule has 0 aliphatic heterocycles. The number of hydrogen-bond acceptors (Lipinski definition) is 6. The molecule has 0 spiro atoms. The second-order valence-electron chi connectivity index (χ2n) is 9.15. The van der Waals surface area contributed by atoms with E-state index in [2.05, 4.69) is 5.32 Å². The molecular formula is C22H33NO6. The van der Waals surface area contributed by atoms with Crippen molar-refractivity contribution in [2.45, 2.75) is 72.6 Å². The van der Waals surface area contributed by atoms with E-state index in [1.54, 1.807) is 65.8 Å². The maximum absolute atomic E-state index is 12.5. The largest absolute Gasteiger partial charge is 0.486 e. The number of hydrogen-bond donors (Lipinski definition) is 1. The number of carbonyl (C=O) groups is 3. The van der Waals surface area contributed by atoms with Gasteiger partial charge in [-0.25, -0.2) is 9.59 Å². The topological polar surface area (TPSA) is 90.9 Å². The molecule has 1 amide bonds. The highest BCUT2D eigenvalue weighted by atomic mass is 16.6. The van der Waals surface area contributed by atoms with Crippen LogP contribution in [0.1, 0.15) is 65.7 Å². The standard InChI is InChI=1S/C22H33NO6/c1-14(2)18(23-20(26)29-22(6,7)8)17(24)13-27-16-11-9-15(10-12-16)19(25)28-21(3,4)5/h9-12,14,18H,13H2,1-8H3,(H,23,26)/t18-/m0/s1. The summed E-state index contributed by atoms with van der Waals surface area (Å²) in [6.45, 7) is 14.1. The van der Waals surface area contributed by atoms with E-state index in [1.807, 2.05) is 13.8 Å². The number of ether oxygens (including phenoxy) is 3. The van der Waals surface area contributed by atoms with Crippen molar-refractivity contribution in [2.24, 2.45) is 5.92 Å². The van der Waals surface area contributed by atoms with Crippen molar-refractivity contribution in [2.75, 3.05) is 6.61 Å². The first kappa shape index (κ1) is 24.5. The number of esters is 1. The summed E-state index contributed by atoms with van der Waals surface area (Å²) in [5.41, 5.74) is -0.836. The van der Waals surface area contributed by atoms with E-state index < -0.39 is 29.3 Å². The van der Waals surface area contributed by atoms with Crippen molar-refractivity contribution >= 4 is 17.8 Å². The Kier molecular flexibility index (Phi) is 8.24. The van der Waals surface area contributed by atoms with Crippen LogP contribution in [0.3, 0.4) is 0 Å². The zero-order chi connectivity index (χ0) is 22.4. The molecule has 0 saturated heterocycles. The first-order chi connectivity index (χ1) is 13.2. The number of Topliss-reactive ketones (excluding diaryl/α,β-unsaturated/α-hetero) is 1. The van der Waals surface area contributed by atoms with Crippen LogP contribution in [0, 0.1) is 5.92 Å². The van der Waals surface area contributed by atoms with Gasteiger partial charge in [-0.05, 0) is 71.7 Å². The summed E-state index contributed by atoms with van der Waals surface area (Å²) in [7, 11) is 0. The molecule has 29 heavy (non-hydrogen) atoms. The number of benzene rings is 1. The minimum absolute atomic E-state index is 0.131. The maximum atomic E-state index is 12.5. The van der Waals surface area contributed by atoms with Crippen molar-refractivity contribution in [3.63, 3.8) is 0 Å². The van der Waals surface area contributed by atoms with Crippen molar-refractivity contribution in [1.29, 1.82) is 0 Å². The molecule has 1 atom stereocenters. The summed E-state index contributed by atoms with van der Waals surface area (Å²) in [6, 6.07) is 5.61. The average molecular weight is 408 g/mol. The van der Waals surface area contributed by atoms with Gasteiger partial charge in [0.15, 0.2) is 5.78 Å². The van der Waals surface area contributed by atoms with Gasteiger partial charge >= 0.3 is 12.1 Å². The average Bonchev–Trinajstić information content (AvgIpc) is 2.54. The zero-order valence-corrected chi connectivity index (χ0v) is 18.6. The third-order valence-corrected chi connectivity index (χ3v) is 3.56. The molecule has 0 radical (unpaired) electrons. The van der Waals surface area contributed by atoms with Crippen molar-refractivity contribution in [3.8, 4) is 5.75 Å². The molecule has 7 heteroatoms. The van der Waals surface area contributed by atoms with Gasteiger partial charge in [-0.15, -0.1) is 0 Å². The molecule has 1 rings (SSSR count). The molecule has 7 nitrogen and oxygen atoms in total. The fourth-order valence-corrected chi connectivity index (χ4v) is 2.32. The highest BCUT2D eigenvalue weighted by molar-refractivity contribution is 5.90. The van der Waals surface area contributed by atoms with E-state index >= 15 is 0 Å². The highest BCUT2D eigenvalue weighted by Gasteiger charge is 2.27. The molecular weight excluding hydrogens is 374 g/mol. The summed E-state index contributed by atoms with van der Waals surface area (Å²) in [4.78, 5) is 36.5. The second kappa shape index (κ2) is 9.76. The Morgan fingerprint density at radius 1 is 0.897 bits per heavy atom. The van der Waals surface area contributed by atoms with Gasteiger partial charge in [0.25, 0.3) is 0 Å². The summed E-state index contributed by atoms with van der Waals surface area (Å²) >= 11 is 0. The molecule has 162 valence electrons. The number of rotatable bonds is 7. The number of ketones is 1. The Morgan fingerprint density at radius 3 is 1.86 bits per heavy atom. The molecule has 0 aliphatic rings. The van der Waals surface area contributed by atoms with Crippen LogP contribution in [0.5, 0.6) is 5.75 Å². The lowest BCUT2D eigenvalue weighted by Gasteiger charge is -2.25. The van der Waals surface area contributed by atoms with Gasteiger partial charge in [-0.3, -0.25) is 4.79 Å². The molecule has 1 aromatic rings. The van der Waals surface area contributed by atoms with E-state index in [0.29, 0.717) is 11.3 Å². The summed E-state index contributed by atoms with van der Waals surface area (Å²) < 4.78 is 16.0. The number of nitrogens with one attached hydrogen (secondary N) is 1. The monoisotopic (exact) mass is 407 g/mol. The molecule has 0 heterocycles. The minimum Gasteiger partial charge on any atom is -0.486 e. The predicted molar refractivity (Wildman–Crippen MR) is 110 cm³/mol. The van der Waals surface area contributed by atoms with Crippen LogP contribution in [-0.2, 0) is 14.3 Å². The van der Waals surface area contributed by atoms with E-state index in [1.165, 1.54) is 0 Å². The van der Waals surface area contributed by atoms with Gasteiger partial charge in [0.05, 0.1) is 11.6 Å². The molecule has 0 saturated carbocycles. The van der Waals surface area contributed by atoms with E-state index in [9.17, 15) is 14.4 Å². The lowest BCUT2D eigenvalue weighted by molar-refractivity contribution is -0.124. The van der Waals surface area contributed by atoms with Crippen LogP contribution in [0.4, 0.5) is 4.79 Å². The minimum atomic E-state index is -0.731. The quantitative estimate of drug-likeness (QED) is 0.683. The molecule has 0 unspecified atom stereocenters. The lowest BCUT2D eigenvalue weighted by atomic mass is 10.0. The molecule has 0 aliphatic carbocycles. The van der Waals surface area contributed by atoms with E-state index in [4.69, 9.17) is 14.2 Å². The van der Waals surface area contributed by atoms with Crippen molar-refractivity contribution < 1.29 is 28.6 Å². The van der Waals surface area contributed by atoms with Crippen LogP contribution >= 0.6 is 0 Å². The fourth-order valence-electron chi connectivity index (χ4n) is 2.32. The summed E-state index contributed by atoms with van der Waals surface area (Å²) in [6.07, 6.45) is -0.647. The van der Waals surface area contributed by atoms with Crippen LogP contribution in [-0.4, -0.2) is 41.7 Å². The Bertz CT molecular complexity index is 710. The fraction of sp³-hybridized carbons (Fsp3) is 0.591. The second-order valence-corrected chi connectivity index (χ2v) is 9.15. The molecule has 0 bridgehead atoms. The Morgan fingerprint density at radius 2 is 1.41 bits per heavy atom. The summed E-state index contributed by atoms with van der Waals surface area (Å²) in [5.74, 6) is -0.401. The molecule has 1 aromatic carbocycles. The van der Waals surface area contributed by atoms with Crippen LogP contribution in [0.15, 0.2) is 24.3 Å².